The van der Waals surface area contributed by atoms with Crippen molar-refractivity contribution in [2.45, 2.75) is 57.1 Å². The quantitative estimate of drug-likeness (QED) is 0.213. The molecule has 0 saturated carbocycles. The van der Waals surface area contributed by atoms with Crippen molar-refractivity contribution in [3.8, 4) is 0 Å². The number of hydrogen-bond donors (Lipinski definition) is 1. The van der Waals surface area contributed by atoms with Crippen LogP contribution < -0.4 is 9.62 Å². The number of hydrogen-bond acceptors (Lipinski definition) is 4. The van der Waals surface area contributed by atoms with Gasteiger partial charge >= 0.3 is 0 Å². The maximum atomic E-state index is 14.4. The van der Waals surface area contributed by atoms with Crippen molar-refractivity contribution in [1.29, 1.82) is 0 Å². The molecule has 4 aromatic rings. The summed E-state index contributed by atoms with van der Waals surface area (Å²) in [5, 5.41) is 3.05. The first-order valence-electron chi connectivity index (χ1n) is 14.5. The fourth-order valence-electron chi connectivity index (χ4n) is 4.81. The van der Waals surface area contributed by atoms with Gasteiger partial charge in [-0.05, 0) is 61.2 Å². The van der Waals surface area contributed by atoms with Crippen LogP contribution in [0.3, 0.4) is 0 Å². The molecule has 43 heavy (non-hydrogen) atoms. The van der Waals surface area contributed by atoms with Crippen LogP contribution in [0.5, 0.6) is 0 Å². The molecular formula is C35H39N3O4S. The van der Waals surface area contributed by atoms with E-state index in [1.165, 1.54) is 17.0 Å². The number of amides is 2. The Hall–Kier alpha value is -4.43. The highest BCUT2D eigenvalue weighted by Gasteiger charge is 2.34. The number of rotatable bonds is 13. The van der Waals surface area contributed by atoms with E-state index in [0.717, 1.165) is 27.4 Å². The number of carbonyl (C=O) groups is 2. The molecule has 0 aliphatic carbocycles. The lowest BCUT2D eigenvalue weighted by Gasteiger charge is -2.34. The van der Waals surface area contributed by atoms with Gasteiger partial charge < -0.3 is 10.2 Å². The zero-order valence-corrected chi connectivity index (χ0v) is 25.7. The van der Waals surface area contributed by atoms with Crippen LogP contribution in [0, 0.1) is 6.92 Å². The monoisotopic (exact) mass is 597 g/mol. The highest BCUT2D eigenvalue weighted by Crippen LogP contribution is 2.26. The molecule has 0 unspecified atom stereocenters. The number of benzene rings is 4. The zero-order chi connectivity index (χ0) is 30.8. The first-order chi connectivity index (χ1) is 20.7. The second-order valence-electron chi connectivity index (χ2n) is 10.7. The first kappa shape index (κ1) is 31.5. The maximum absolute atomic E-state index is 14.4. The van der Waals surface area contributed by atoms with Gasteiger partial charge in [0.2, 0.25) is 11.8 Å². The molecule has 0 spiro atoms. The van der Waals surface area contributed by atoms with Crippen LogP contribution in [0.25, 0.3) is 0 Å². The average Bonchev–Trinajstić information content (AvgIpc) is 3.02. The summed E-state index contributed by atoms with van der Waals surface area (Å²) in [5.74, 6) is -0.763. The second-order valence-corrected chi connectivity index (χ2v) is 12.6. The second kappa shape index (κ2) is 14.6. The molecule has 0 aromatic heterocycles. The molecule has 0 heterocycles. The Morgan fingerprint density at radius 1 is 0.791 bits per heavy atom. The van der Waals surface area contributed by atoms with Gasteiger partial charge in [0, 0.05) is 19.0 Å². The summed E-state index contributed by atoms with van der Waals surface area (Å²) in [6.07, 6.45) is 1.00. The first-order valence-corrected chi connectivity index (χ1v) is 15.9. The summed E-state index contributed by atoms with van der Waals surface area (Å²) in [4.78, 5) is 29.9. The molecule has 0 saturated heterocycles. The number of anilines is 1. The van der Waals surface area contributed by atoms with E-state index < -0.39 is 28.5 Å². The van der Waals surface area contributed by atoms with Crippen molar-refractivity contribution < 1.29 is 18.0 Å². The third-order valence-corrected chi connectivity index (χ3v) is 9.16. The molecule has 0 radical (unpaired) electrons. The molecule has 4 rings (SSSR count). The van der Waals surface area contributed by atoms with Gasteiger partial charge in [-0.2, -0.15) is 0 Å². The number of aryl methyl sites for hydroxylation is 1. The van der Waals surface area contributed by atoms with Crippen LogP contribution in [0.1, 0.15) is 37.0 Å². The SMILES string of the molecule is CC[C@@H](C)NC(=O)[C@H](Cc1ccccc1)N(Cc1ccccc1)C(=O)CN(c1cccc(C)c1)S(=O)(=O)c1ccccc1. The molecule has 0 bridgehead atoms. The molecule has 2 amide bonds. The number of nitrogens with one attached hydrogen (secondary N) is 1. The summed E-state index contributed by atoms with van der Waals surface area (Å²) >= 11 is 0. The molecule has 7 nitrogen and oxygen atoms in total. The zero-order valence-electron chi connectivity index (χ0n) is 24.9. The molecule has 0 aliphatic heterocycles. The molecule has 2 atom stereocenters. The maximum Gasteiger partial charge on any atom is 0.264 e. The highest BCUT2D eigenvalue weighted by atomic mass is 32.2. The van der Waals surface area contributed by atoms with Crippen LogP contribution in [0.15, 0.2) is 120 Å². The largest absolute Gasteiger partial charge is 0.352 e. The van der Waals surface area contributed by atoms with Gasteiger partial charge in [0.25, 0.3) is 10.0 Å². The van der Waals surface area contributed by atoms with Crippen LogP contribution >= 0.6 is 0 Å². The number of carbonyl (C=O) groups excluding carboxylic acids is 2. The van der Waals surface area contributed by atoms with Crippen LogP contribution in [-0.4, -0.2) is 43.8 Å². The summed E-state index contributed by atoms with van der Waals surface area (Å²) in [6, 6.07) is 33.1. The minimum atomic E-state index is -4.11. The summed E-state index contributed by atoms with van der Waals surface area (Å²) < 4.78 is 29.2. The van der Waals surface area contributed by atoms with Gasteiger partial charge in [0.15, 0.2) is 0 Å². The lowest BCUT2D eigenvalue weighted by molar-refractivity contribution is -0.140. The Balaban J connectivity index is 1.79. The minimum absolute atomic E-state index is 0.0780. The summed E-state index contributed by atoms with van der Waals surface area (Å²) in [5.41, 5.74) is 2.96. The van der Waals surface area contributed by atoms with Crippen molar-refractivity contribution in [2.24, 2.45) is 0 Å². The van der Waals surface area contributed by atoms with Crippen LogP contribution in [0.4, 0.5) is 5.69 Å². The lowest BCUT2D eigenvalue weighted by Crippen LogP contribution is -2.54. The molecule has 8 heteroatoms. The van der Waals surface area contributed by atoms with E-state index in [-0.39, 0.29) is 29.8 Å². The van der Waals surface area contributed by atoms with Gasteiger partial charge in [-0.25, -0.2) is 8.42 Å². The summed E-state index contributed by atoms with van der Waals surface area (Å²) in [6.45, 7) is 5.44. The molecule has 0 aliphatic rings. The van der Waals surface area contributed by atoms with E-state index in [1.807, 2.05) is 87.5 Å². The van der Waals surface area contributed by atoms with Gasteiger partial charge in [-0.15, -0.1) is 0 Å². The Labute approximate surface area is 255 Å². The minimum Gasteiger partial charge on any atom is -0.352 e. The average molecular weight is 598 g/mol. The fourth-order valence-corrected chi connectivity index (χ4v) is 6.23. The van der Waals surface area contributed by atoms with E-state index >= 15 is 0 Å². The van der Waals surface area contributed by atoms with Crippen molar-refractivity contribution >= 4 is 27.5 Å². The van der Waals surface area contributed by atoms with Gasteiger partial charge in [0.05, 0.1) is 10.6 Å². The molecular weight excluding hydrogens is 558 g/mol. The van der Waals surface area contributed by atoms with Crippen molar-refractivity contribution in [3.63, 3.8) is 0 Å². The van der Waals surface area contributed by atoms with E-state index in [0.29, 0.717) is 5.69 Å². The Kier molecular flexibility index (Phi) is 10.7. The Bertz CT molecular complexity index is 1600. The highest BCUT2D eigenvalue weighted by molar-refractivity contribution is 7.92. The topological polar surface area (TPSA) is 86.8 Å². The van der Waals surface area contributed by atoms with Crippen molar-refractivity contribution in [3.05, 3.63) is 132 Å². The van der Waals surface area contributed by atoms with E-state index in [2.05, 4.69) is 5.32 Å². The Morgan fingerprint density at radius 2 is 1.37 bits per heavy atom. The summed E-state index contributed by atoms with van der Waals surface area (Å²) in [7, 11) is -4.11. The molecule has 0 fully saturated rings. The van der Waals surface area contributed by atoms with Crippen LogP contribution in [0.2, 0.25) is 0 Å². The smallest absolute Gasteiger partial charge is 0.264 e. The van der Waals surface area contributed by atoms with Gasteiger partial charge in [0.1, 0.15) is 12.6 Å². The predicted octanol–water partition coefficient (Wildman–Crippen LogP) is 5.75. The lowest BCUT2D eigenvalue weighted by atomic mass is 10.0. The third kappa shape index (κ3) is 8.32. The normalized spacial score (nSPS) is 12.6. The van der Waals surface area contributed by atoms with Gasteiger partial charge in [-0.1, -0.05) is 97.9 Å². The van der Waals surface area contributed by atoms with Crippen LogP contribution in [-0.2, 0) is 32.6 Å². The molecule has 1 N–H and O–H groups in total. The van der Waals surface area contributed by atoms with Gasteiger partial charge in [-0.3, -0.25) is 13.9 Å². The molecule has 4 aromatic carbocycles. The fraction of sp³-hybridized carbons (Fsp3) is 0.257. The third-order valence-electron chi connectivity index (χ3n) is 7.37. The predicted molar refractivity (Wildman–Crippen MR) is 171 cm³/mol. The Morgan fingerprint density at radius 3 is 1.95 bits per heavy atom. The van der Waals surface area contributed by atoms with E-state index in [1.54, 1.807) is 36.4 Å². The van der Waals surface area contributed by atoms with Crippen molar-refractivity contribution in [2.75, 3.05) is 10.8 Å². The molecule has 224 valence electrons. The van der Waals surface area contributed by atoms with Crippen molar-refractivity contribution in [1.82, 2.24) is 10.2 Å². The number of nitrogens with zero attached hydrogens (tertiary/aromatic N) is 2. The van der Waals surface area contributed by atoms with E-state index in [4.69, 9.17) is 0 Å². The van der Waals surface area contributed by atoms with E-state index in [9.17, 15) is 18.0 Å². The number of sulfonamides is 1. The standard InChI is InChI=1S/C35H39N3O4S/c1-4-28(3)36-35(40)33(24-29-16-8-5-9-17-29)37(25-30-18-10-6-11-19-30)34(39)26-38(31-20-14-15-27(2)23-31)43(41,42)32-21-12-7-13-22-32/h5-23,28,33H,4,24-26H2,1-3H3,(H,36,40)/t28-,33+/m1/s1.